The van der Waals surface area contributed by atoms with Gasteiger partial charge in [-0.25, -0.2) is 0 Å². The van der Waals surface area contributed by atoms with Crippen molar-refractivity contribution < 1.29 is 0 Å². The summed E-state index contributed by atoms with van der Waals surface area (Å²) in [5.74, 6) is 0. The Labute approximate surface area is 56.5 Å². The Bertz CT molecular complexity index is 191. The first-order chi connectivity index (χ1) is 4.22. The summed E-state index contributed by atoms with van der Waals surface area (Å²) in [4.78, 5) is 0. The lowest BCUT2D eigenvalue weighted by atomic mass is 10.1. The van der Waals surface area contributed by atoms with E-state index in [4.69, 9.17) is 0 Å². The first kappa shape index (κ1) is 6.16. The Balaban J connectivity index is 3.25. The van der Waals surface area contributed by atoms with Gasteiger partial charge in [-0.3, -0.25) is 0 Å². The molecule has 0 heterocycles. The molecule has 0 aliphatic rings. The van der Waals surface area contributed by atoms with Gasteiger partial charge in [0.1, 0.15) is 0 Å². The molecule has 0 N–H and O–H groups in total. The second kappa shape index (κ2) is 2.11. The van der Waals surface area contributed by atoms with E-state index in [9.17, 15) is 0 Å². The second-order valence-electron chi connectivity index (χ2n) is 2.35. The first-order valence-electron chi connectivity index (χ1n) is 3.08. The SMILES string of the molecule is Cc1c#ccc(C)c1C. The monoisotopic (exact) mass is 118 g/mol. The fourth-order valence-corrected chi connectivity index (χ4v) is 0.750. The van der Waals surface area contributed by atoms with Crippen molar-refractivity contribution in [3.8, 4) is 0 Å². The van der Waals surface area contributed by atoms with E-state index in [-0.39, 0.29) is 0 Å². The van der Waals surface area contributed by atoms with Gasteiger partial charge in [0, 0.05) is 5.56 Å². The van der Waals surface area contributed by atoms with Crippen LogP contribution in [0.3, 0.4) is 0 Å². The number of hydrogen-bond acceptors (Lipinski definition) is 0. The largest absolute Gasteiger partial charge is 0.0697 e. The van der Waals surface area contributed by atoms with Crippen LogP contribution in [0, 0.1) is 32.9 Å². The molecule has 0 fully saturated rings. The third kappa shape index (κ3) is 1.05. The Morgan fingerprint density at radius 1 is 1.22 bits per heavy atom. The van der Waals surface area contributed by atoms with Gasteiger partial charge in [0.05, 0.1) is 0 Å². The topological polar surface area (TPSA) is 0 Å². The lowest BCUT2D eigenvalue weighted by Crippen LogP contribution is -1.81. The van der Waals surface area contributed by atoms with Crippen LogP contribution in [0.4, 0.5) is 0 Å². The van der Waals surface area contributed by atoms with Gasteiger partial charge in [0.25, 0.3) is 0 Å². The second-order valence-corrected chi connectivity index (χ2v) is 2.35. The van der Waals surface area contributed by atoms with Gasteiger partial charge >= 0.3 is 0 Å². The van der Waals surface area contributed by atoms with Crippen molar-refractivity contribution in [2.45, 2.75) is 20.8 Å². The highest BCUT2D eigenvalue weighted by Gasteiger charge is 1.91. The highest BCUT2D eigenvalue weighted by Crippen LogP contribution is 2.06. The maximum atomic E-state index is 3.02. The summed E-state index contributed by atoms with van der Waals surface area (Å²) >= 11 is 0. The van der Waals surface area contributed by atoms with Crippen LogP contribution in [0.5, 0.6) is 0 Å². The molecule has 0 nitrogen and oxygen atoms in total. The maximum Gasteiger partial charge on any atom is 0.00248 e. The van der Waals surface area contributed by atoms with Crippen LogP contribution in [-0.4, -0.2) is 0 Å². The normalized spacial score (nSPS) is 8.78. The van der Waals surface area contributed by atoms with Crippen molar-refractivity contribution in [3.63, 3.8) is 0 Å². The Hall–Kier alpha value is -0.960. The zero-order valence-corrected chi connectivity index (χ0v) is 6.08. The molecule has 0 saturated carbocycles. The molecule has 9 heavy (non-hydrogen) atoms. The molecule has 0 amide bonds. The van der Waals surface area contributed by atoms with Crippen molar-refractivity contribution >= 4 is 0 Å². The highest BCUT2D eigenvalue weighted by atomic mass is 13.9. The molecule has 0 aliphatic heterocycles. The van der Waals surface area contributed by atoms with E-state index < -0.39 is 0 Å². The molecule has 0 bridgehead atoms. The van der Waals surface area contributed by atoms with Crippen LogP contribution < -0.4 is 0 Å². The van der Waals surface area contributed by atoms with Crippen LogP contribution in [0.2, 0.25) is 0 Å². The average Bonchev–Trinajstić information content (AvgIpc) is 1.83. The minimum absolute atomic E-state index is 1.20. The number of aryl methyl sites for hydroxylation is 1. The molecular weight excluding hydrogens is 108 g/mol. The summed E-state index contributed by atoms with van der Waals surface area (Å²) in [6, 6.07) is 7.92. The number of rotatable bonds is 0. The van der Waals surface area contributed by atoms with Gasteiger partial charge in [-0.15, -0.1) is 0 Å². The predicted octanol–water partition coefficient (Wildman–Crippen LogP) is 2.21. The van der Waals surface area contributed by atoms with Gasteiger partial charge in [-0.1, -0.05) is 12.1 Å². The van der Waals surface area contributed by atoms with Crippen LogP contribution in [-0.2, 0) is 0 Å². The van der Waals surface area contributed by atoms with Crippen LogP contribution in [0.15, 0.2) is 6.07 Å². The quantitative estimate of drug-likeness (QED) is 0.490. The van der Waals surface area contributed by atoms with Gasteiger partial charge in [-0.05, 0) is 38.0 Å². The lowest BCUT2D eigenvalue weighted by Gasteiger charge is -1.96. The summed E-state index contributed by atoms with van der Waals surface area (Å²) in [7, 11) is 0. The Kier molecular flexibility index (Phi) is 1.44. The zero-order chi connectivity index (χ0) is 6.85. The fourth-order valence-electron chi connectivity index (χ4n) is 0.750. The molecule has 1 aromatic rings. The summed E-state index contributed by atoms with van der Waals surface area (Å²) in [6.07, 6.45) is 0. The molecule has 0 spiro atoms. The van der Waals surface area contributed by atoms with E-state index in [1.54, 1.807) is 0 Å². The molecular formula is C9H10. The van der Waals surface area contributed by atoms with E-state index in [1.807, 2.05) is 6.07 Å². The van der Waals surface area contributed by atoms with E-state index in [0.717, 1.165) is 0 Å². The summed E-state index contributed by atoms with van der Waals surface area (Å²) in [6.45, 7) is 6.25. The predicted molar refractivity (Wildman–Crippen MR) is 38.3 cm³/mol. The Morgan fingerprint density at radius 2 is 1.89 bits per heavy atom. The molecule has 1 rings (SSSR count). The van der Waals surface area contributed by atoms with Crippen LogP contribution >= 0.6 is 0 Å². The zero-order valence-electron chi connectivity index (χ0n) is 6.08. The third-order valence-electron chi connectivity index (χ3n) is 1.70. The minimum atomic E-state index is 1.20. The van der Waals surface area contributed by atoms with Gasteiger partial charge < -0.3 is 0 Å². The van der Waals surface area contributed by atoms with Crippen LogP contribution in [0.1, 0.15) is 16.7 Å². The van der Waals surface area contributed by atoms with Crippen molar-refractivity contribution in [2.75, 3.05) is 0 Å². The average molecular weight is 118 g/mol. The molecule has 0 aromatic heterocycles. The highest BCUT2D eigenvalue weighted by molar-refractivity contribution is 5.27. The van der Waals surface area contributed by atoms with E-state index in [2.05, 4.69) is 32.9 Å². The number of hydrogen-bond donors (Lipinski definition) is 0. The van der Waals surface area contributed by atoms with Gasteiger partial charge in [-0.2, -0.15) is 0 Å². The molecule has 0 aliphatic carbocycles. The van der Waals surface area contributed by atoms with E-state index >= 15 is 0 Å². The first-order valence-corrected chi connectivity index (χ1v) is 3.08. The van der Waals surface area contributed by atoms with Crippen molar-refractivity contribution in [2.24, 2.45) is 0 Å². The van der Waals surface area contributed by atoms with Crippen molar-refractivity contribution in [1.82, 2.24) is 0 Å². The minimum Gasteiger partial charge on any atom is -0.0697 e. The fraction of sp³-hybridized carbons (Fsp3) is 0.333. The van der Waals surface area contributed by atoms with Crippen molar-refractivity contribution in [1.29, 1.82) is 0 Å². The molecule has 1 aromatic carbocycles. The molecule has 0 saturated heterocycles. The molecule has 46 valence electrons. The summed E-state index contributed by atoms with van der Waals surface area (Å²) in [5.41, 5.74) is 3.83. The van der Waals surface area contributed by atoms with Gasteiger partial charge in [0.2, 0.25) is 0 Å². The van der Waals surface area contributed by atoms with E-state index in [1.165, 1.54) is 16.7 Å². The summed E-state index contributed by atoms with van der Waals surface area (Å²) in [5, 5.41) is 0. The third-order valence-corrected chi connectivity index (χ3v) is 1.70. The van der Waals surface area contributed by atoms with E-state index in [0.29, 0.717) is 0 Å². The standard InChI is InChI=1S/C9H10/c1-7-5-4-6-8(2)9(7)3/h5H,1-3H3. The molecule has 0 atom stereocenters. The van der Waals surface area contributed by atoms with Crippen LogP contribution in [0.25, 0.3) is 0 Å². The molecule has 0 unspecified atom stereocenters. The summed E-state index contributed by atoms with van der Waals surface area (Å²) < 4.78 is 0. The maximum absolute atomic E-state index is 3.02. The molecule has 0 radical (unpaired) electrons. The van der Waals surface area contributed by atoms with Gasteiger partial charge in [0.15, 0.2) is 0 Å². The lowest BCUT2D eigenvalue weighted by molar-refractivity contribution is 1.28. The van der Waals surface area contributed by atoms with Crippen molar-refractivity contribution in [3.05, 3.63) is 34.9 Å². The Morgan fingerprint density at radius 3 is 2.33 bits per heavy atom. The molecule has 0 heteroatoms. The smallest absolute Gasteiger partial charge is 0.00248 e.